The number of aliphatic carboxylic acids is 1. The molecule has 2 N–H and O–H groups in total. The maximum absolute atomic E-state index is 11.2. The second-order valence-corrected chi connectivity index (χ2v) is 14.2. The molecule has 1 saturated heterocycles. The summed E-state index contributed by atoms with van der Waals surface area (Å²) < 4.78 is 4.77. The Morgan fingerprint density at radius 2 is 1.15 bits per heavy atom. The van der Waals surface area contributed by atoms with Crippen LogP contribution in [0.15, 0.2) is 24.3 Å². The molecule has 0 radical (unpaired) electrons. The third-order valence-electron chi connectivity index (χ3n) is 7.15. The summed E-state index contributed by atoms with van der Waals surface area (Å²) >= 11 is 1.11. The minimum atomic E-state index is -1.08. The molecular formula is C32H45CoN2O4+. The van der Waals surface area contributed by atoms with Crippen molar-refractivity contribution in [3.63, 3.8) is 0 Å². The quantitative estimate of drug-likeness (QED) is 0.531. The first-order valence-corrected chi connectivity index (χ1v) is 14.7. The normalized spacial score (nSPS) is 21.7. The topological polar surface area (TPSA) is 86.6 Å². The Labute approximate surface area is 240 Å². The molecule has 2 aromatic carbocycles. The van der Waals surface area contributed by atoms with Gasteiger partial charge in [0.15, 0.2) is 0 Å². The Kier molecular flexibility index (Phi) is 9.38. The van der Waals surface area contributed by atoms with Gasteiger partial charge in [0, 0.05) is 5.97 Å². The van der Waals surface area contributed by atoms with Crippen LogP contribution in [0.1, 0.15) is 108 Å². The maximum atomic E-state index is 11.2. The first-order valence-electron chi connectivity index (χ1n) is 13.7. The van der Waals surface area contributed by atoms with Crippen LogP contribution >= 0.6 is 0 Å². The Bertz CT molecular complexity index is 1200. The summed E-state index contributed by atoms with van der Waals surface area (Å²) in [6, 6.07) is 9.17. The van der Waals surface area contributed by atoms with Gasteiger partial charge >= 0.3 is 218 Å². The summed E-state index contributed by atoms with van der Waals surface area (Å²) in [4.78, 5) is 8.89. The number of aryl methyl sites for hydroxylation is 2. The molecule has 1 aliphatic carbocycles. The van der Waals surface area contributed by atoms with Gasteiger partial charge in [-0.15, -0.1) is 0 Å². The molecule has 39 heavy (non-hydrogen) atoms. The van der Waals surface area contributed by atoms with Crippen LogP contribution in [0.5, 0.6) is 11.5 Å². The van der Waals surface area contributed by atoms with Gasteiger partial charge in [-0.3, -0.25) is 0 Å². The zero-order chi connectivity index (χ0) is 29.3. The number of hydrogen-bond donors (Lipinski definition) is 2. The van der Waals surface area contributed by atoms with E-state index in [2.05, 4.69) is 99.3 Å². The van der Waals surface area contributed by atoms with Gasteiger partial charge in [0.2, 0.25) is 0 Å². The van der Waals surface area contributed by atoms with Crippen LogP contribution in [-0.4, -0.2) is 47.9 Å². The van der Waals surface area contributed by atoms with Gasteiger partial charge in [-0.1, -0.05) is 0 Å². The molecule has 1 aliphatic heterocycles. The van der Waals surface area contributed by atoms with E-state index >= 15 is 0 Å². The molecule has 1 saturated carbocycles. The number of benzene rings is 2. The second kappa shape index (κ2) is 11.8. The van der Waals surface area contributed by atoms with Crippen molar-refractivity contribution in [3.05, 3.63) is 57.6 Å². The first-order chi connectivity index (χ1) is 18.0. The van der Waals surface area contributed by atoms with Crippen LogP contribution in [0, 0.1) is 13.8 Å². The van der Waals surface area contributed by atoms with Crippen LogP contribution < -0.4 is 5.11 Å². The molecule has 1 heterocycles. The molecule has 2 atom stereocenters. The molecular weight excluding hydrogens is 535 g/mol. The van der Waals surface area contributed by atoms with E-state index in [9.17, 15) is 10.2 Å². The summed E-state index contributed by atoms with van der Waals surface area (Å²) in [6.07, 6.45) is 9.05. The monoisotopic (exact) mass is 580 g/mol. The molecule has 0 bridgehead atoms. The molecule has 4 rings (SSSR count). The first kappa shape index (κ1) is 30.9. The van der Waals surface area contributed by atoms with Gasteiger partial charge in [-0.2, -0.15) is 0 Å². The predicted molar refractivity (Wildman–Crippen MR) is 151 cm³/mol. The molecule has 2 unspecified atom stereocenters. The number of hydrogen-bond acceptors (Lipinski definition) is 4. The fourth-order valence-corrected chi connectivity index (χ4v) is 6.89. The molecule has 2 aliphatic rings. The van der Waals surface area contributed by atoms with Crippen molar-refractivity contribution in [2.75, 3.05) is 0 Å². The standard InChI is InChI=1S/C30H42N2O2.C2H4O2.Co/c1-19-13-21(27(33)23(15-19)29(3,4)5)17-31-25-11-9-10-12-26(25)32-18-22-14-20(2)16-24(28(22)34)30(6,7)8;1-2(3)4;/h13-18,25-26,33-34H,9-12H2,1-8H3;1H3,(H,3,4);/q;;+2/p-1. The van der Waals surface area contributed by atoms with E-state index < -0.39 is 5.97 Å². The fraction of sp³-hybridized carbons (Fsp3) is 0.531. The average Bonchev–Trinajstić information content (AvgIpc) is 3.13. The van der Waals surface area contributed by atoms with Gasteiger partial charge in [0.1, 0.15) is 0 Å². The van der Waals surface area contributed by atoms with E-state index in [-0.39, 0.29) is 10.8 Å². The molecule has 6 nitrogen and oxygen atoms in total. The van der Waals surface area contributed by atoms with Crippen molar-refractivity contribution in [2.45, 2.75) is 111 Å². The molecule has 215 valence electrons. The second-order valence-electron chi connectivity index (χ2n) is 12.9. The van der Waals surface area contributed by atoms with Gasteiger partial charge < -0.3 is 9.90 Å². The SMILES string of the molecule is CC(=O)[O-].Cc1cc(C=[N+]2[Co][N+](=Cc3cc(C)cc(C(C)(C)C)c3O)C3CCCCC32)c(O)c(C(C)(C)C)c1. The van der Waals surface area contributed by atoms with Crippen LogP contribution in [-0.2, 0) is 30.8 Å². The molecule has 7 heteroatoms. The third-order valence-corrected chi connectivity index (χ3v) is 8.59. The molecule has 2 aromatic rings. The van der Waals surface area contributed by atoms with E-state index in [1.54, 1.807) is 0 Å². The van der Waals surface area contributed by atoms with E-state index in [4.69, 9.17) is 9.90 Å². The van der Waals surface area contributed by atoms with Crippen LogP contribution in [0.25, 0.3) is 0 Å². The Balaban J connectivity index is 0.000000983. The number of fused-ring (bicyclic) bond motifs is 1. The fourth-order valence-electron chi connectivity index (χ4n) is 5.27. The van der Waals surface area contributed by atoms with E-state index in [0.717, 1.165) is 68.3 Å². The van der Waals surface area contributed by atoms with Gasteiger partial charge in [0.25, 0.3) is 0 Å². The van der Waals surface area contributed by atoms with Crippen molar-refractivity contribution >= 4 is 18.4 Å². The summed E-state index contributed by atoms with van der Waals surface area (Å²) in [5.41, 5.74) is 5.84. The number of carbonyl (C=O) groups excluding carboxylic acids is 1. The van der Waals surface area contributed by atoms with Crippen molar-refractivity contribution in [3.8, 4) is 11.5 Å². The molecule has 0 aromatic heterocycles. The van der Waals surface area contributed by atoms with Gasteiger partial charge in [-0.25, -0.2) is 0 Å². The summed E-state index contributed by atoms with van der Waals surface area (Å²) in [6.45, 7) is 18.1. The van der Waals surface area contributed by atoms with Crippen molar-refractivity contribution in [1.82, 2.24) is 0 Å². The zero-order valence-electron chi connectivity index (χ0n) is 24.9. The summed E-state index contributed by atoms with van der Waals surface area (Å²) in [7, 11) is 0. The van der Waals surface area contributed by atoms with Crippen LogP contribution in [0.3, 0.4) is 0 Å². The number of carbonyl (C=O) groups is 1. The Morgan fingerprint density at radius 3 is 1.46 bits per heavy atom. The van der Waals surface area contributed by atoms with E-state index in [0.29, 0.717) is 23.6 Å². The van der Waals surface area contributed by atoms with E-state index in [1.165, 1.54) is 12.8 Å². The predicted octanol–water partition coefficient (Wildman–Crippen LogP) is 4.87. The van der Waals surface area contributed by atoms with Crippen LogP contribution in [0.2, 0.25) is 0 Å². The van der Waals surface area contributed by atoms with Gasteiger partial charge in [0.05, 0.1) is 0 Å². The number of phenols is 2. The number of nitrogens with zero attached hydrogens (tertiary/aromatic N) is 2. The molecule has 0 amide bonds. The summed E-state index contributed by atoms with van der Waals surface area (Å²) in [5.74, 6) is -0.308. The van der Waals surface area contributed by atoms with Crippen molar-refractivity contribution in [1.29, 1.82) is 0 Å². The zero-order valence-corrected chi connectivity index (χ0v) is 25.9. The number of aromatic hydroxyl groups is 2. The minimum absolute atomic E-state index is 0.123. The Hall–Kier alpha value is -2.64. The van der Waals surface area contributed by atoms with Crippen molar-refractivity contribution in [2.24, 2.45) is 0 Å². The third kappa shape index (κ3) is 7.51. The molecule has 2 fully saturated rings. The van der Waals surface area contributed by atoms with Crippen molar-refractivity contribution < 1.29 is 42.5 Å². The Morgan fingerprint density at radius 1 is 0.821 bits per heavy atom. The van der Waals surface area contributed by atoms with Gasteiger partial charge in [-0.05, 0) is 6.92 Å². The summed E-state index contributed by atoms with van der Waals surface area (Å²) in [5, 5.41) is 31.2. The number of phenolic OH excluding ortho intramolecular Hbond substituents is 2. The average molecular weight is 581 g/mol. The van der Waals surface area contributed by atoms with E-state index in [1.807, 2.05) is 0 Å². The number of carboxylic acid groups (broad SMARTS) is 1. The van der Waals surface area contributed by atoms with Crippen LogP contribution in [0.4, 0.5) is 0 Å². The number of rotatable bonds is 2. The number of carboxylic acids is 1. The molecule has 0 spiro atoms.